The van der Waals surface area contributed by atoms with Crippen LogP contribution in [0.5, 0.6) is 0 Å². The van der Waals surface area contributed by atoms with Crippen molar-refractivity contribution in [2.24, 2.45) is 0 Å². The van der Waals surface area contributed by atoms with Gasteiger partial charge in [0.2, 0.25) is 0 Å². The largest absolute Gasteiger partial charge is 0.308 e. The standard InChI is InChI=1S/C11H15N3S/c1-2-4-9(3-1)12-7-10-8-14-5-6-15-11(14)13-10/h5-6,8-9,12H,1-4,7H2. The van der Waals surface area contributed by atoms with E-state index in [1.807, 2.05) is 0 Å². The molecule has 3 rings (SSSR count). The van der Waals surface area contributed by atoms with E-state index >= 15 is 0 Å². The predicted octanol–water partition coefficient (Wildman–Crippen LogP) is 2.43. The first-order valence-corrected chi connectivity index (χ1v) is 6.44. The predicted molar refractivity (Wildman–Crippen MR) is 62.2 cm³/mol. The Bertz CT molecular complexity index is 411. The van der Waals surface area contributed by atoms with Gasteiger partial charge in [0.15, 0.2) is 4.96 Å². The van der Waals surface area contributed by atoms with Crippen LogP contribution in [0.3, 0.4) is 0 Å². The van der Waals surface area contributed by atoms with Gasteiger partial charge in [0, 0.05) is 30.4 Å². The first-order chi connectivity index (χ1) is 7.42. The Labute approximate surface area is 93.1 Å². The fourth-order valence-electron chi connectivity index (χ4n) is 2.24. The second-order valence-corrected chi connectivity index (χ2v) is 5.06. The van der Waals surface area contributed by atoms with Crippen molar-refractivity contribution in [3.8, 4) is 0 Å². The Morgan fingerprint density at radius 3 is 3.13 bits per heavy atom. The molecule has 0 saturated heterocycles. The van der Waals surface area contributed by atoms with E-state index in [4.69, 9.17) is 0 Å². The maximum absolute atomic E-state index is 4.55. The summed E-state index contributed by atoms with van der Waals surface area (Å²) in [5.74, 6) is 0. The quantitative estimate of drug-likeness (QED) is 0.862. The van der Waals surface area contributed by atoms with Crippen LogP contribution in [-0.2, 0) is 6.54 Å². The van der Waals surface area contributed by atoms with E-state index in [0.29, 0.717) is 0 Å². The lowest BCUT2D eigenvalue weighted by molar-refractivity contribution is 0.520. The molecule has 2 aromatic heterocycles. The Kier molecular flexibility index (Phi) is 2.46. The van der Waals surface area contributed by atoms with Gasteiger partial charge in [-0.05, 0) is 12.8 Å². The molecule has 1 N–H and O–H groups in total. The van der Waals surface area contributed by atoms with Gasteiger partial charge in [0.05, 0.1) is 5.69 Å². The zero-order chi connectivity index (χ0) is 10.1. The highest BCUT2D eigenvalue weighted by atomic mass is 32.1. The van der Waals surface area contributed by atoms with Crippen molar-refractivity contribution in [3.05, 3.63) is 23.5 Å². The van der Waals surface area contributed by atoms with E-state index in [-0.39, 0.29) is 0 Å². The molecule has 0 bridgehead atoms. The summed E-state index contributed by atoms with van der Waals surface area (Å²) in [7, 11) is 0. The summed E-state index contributed by atoms with van der Waals surface area (Å²) in [5, 5.41) is 5.64. The molecule has 15 heavy (non-hydrogen) atoms. The molecule has 2 heterocycles. The van der Waals surface area contributed by atoms with Gasteiger partial charge < -0.3 is 5.32 Å². The fourth-order valence-corrected chi connectivity index (χ4v) is 2.96. The summed E-state index contributed by atoms with van der Waals surface area (Å²) in [5.41, 5.74) is 1.16. The minimum atomic E-state index is 0.727. The van der Waals surface area contributed by atoms with Crippen molar-refractivity contribution < 1.29 is 0 Å². The van der Waals surface area contributed by atoms with Crippen molar-refractivity contribution in [2.75, 3.05) is 0 Å². The third-order valence-corrected chi connectivity index (χ3v) is 3.84. The van der Waals surface area contributed by atoms with Crippen molar-refractivity contribution in [3.63, 3.8) is 0 Å². The average Bonchev–Trinajstić information content (AvgIpc) is 2.91. The highest BCUT2D eigenvalue weighted by Crippen LogP contribution is 2.18. The topological polar surface area (TPSA) is 29.3 Å². The number of imidazole rings is 1. The smallest absolute Gasteiger partial charge is 0.193 e. The van der Waals surface area contributed by atoms with Gasteiger partial charge in [0.25, 0.3) is 0 Å². The Hall–Kier alpha value is -0.870. The normalized spacial score (nSPS) is 17.9. The lowest BCUT2D eigenvalue weighted by Gasteiger charge is -2.09. The van der Waals surface area contributed by atoms with E-state index in [0.717, 1.165) is 23.2 Å². The highest BCUT2D eigenvalue weighted by molar-refractivity contribution is 7.15. The van der Waals surface area contributed by atoms with E-state index in [1.54, 1.807) is 11.3 Å². The maximum Gasteiger partial charge on any atom is 0.193 e. The van der Waals surface area contributed by atoms with Crippen molar-refractivity contribution in [2.45, 2.75) is 38.3 Å². The number of hydrogen-bond donors (Lipinski definition) is 1. The van der Waals surface area contributed by atoms with E-state index in [9.17, 15) is 0 Å². The average molecular weight is 221 g/mol. The van der Waals surface area contributed by atoms with Gasteiger partial charge in [-0.2, -0.15) is 0 Å². The summed E-state index contributed by atoms with van der Waals surface area (Å²) >= 11 is 1.69. The second-order valence-electron chi connectivity index (χ2n) is 4.19. The summed E-state index contributed by atoms with van der Waals surface area (Å²) in [6, 6.07) is 0.727. The highest BCUT2D eigenvalue weighted by Gasteiger charge is 2.14. The molecular weight excluding hydrogens is 206 g/mol. The SMILES string of the molecule is c1cn2cc(CNC3CCCC3)nc2s1. The van der Waals surface area contributed by atoms with Crippen LogP contribution in [0, 0.1) is 0 Å². The molecule has 0 amide bonds. The Balaban J connectivity index is 1.64. The van der Waals surface area contributed by atoms with Crippen LogP contribution in [0.2, 0.25) is 0 Å². The molecule has 0 atom stereocenters. The molecule has 1 aliphatic rings. The summed E-state index contributed by atoms with van der Waals surface area (Å²) in [4.78, 5) is 5.65. The number of aromatic nitrogens is 2. The molecule has 0 spiro atoms. The second kappa shape index (κ2) is 3.94. The van der Waals surface area contributed by atoms with Gasteiger partial charge in [-0.1, -0.05) is 12.8 Å². The fraction of sp³-hybridized carbons (Fsp3) is 0.545. The van der Waals surface area contributed by atoms with Gasteiger partial charge >= 0.3 is 0 Å². The van der Waals surface area contributed by atoms with Crippen LogP contribution in [0.4, 0.5) is 0 Å². The molecule has 0 radical (unpaired) electrons. The van der Waals surface area contributed by atoms with Crippen LogP contribution in [-0.4, -0.2) is 15.4 Å². The number of nitrogens with zero attached hydrogens (tertiary/aromatic N) is 2. The van der Waals surface area contributed by atoms with Crippen LogP contribution in [0.15, 0.2) is 17.8 Å². The number of nitrogens with one attached hydrogen (secondary N) is 1. The molecule has 0 aliphatic heterocycles. The minimum absolute atomic E-state index is 0.727. The third kappa shape index (κ3) is 1.92. The molecule has 1 aliphatic carbocycles. The third-order valence-electron chi connectivity index (χ3n) is 3.07. The van der Waals surface area contributed by atoms with Crippen molar-refractivity contribution >= 4 is 16.3 Å². The lowest BCUT2D eigenvalue weighted by Crippen LogP contribution is -2.25. The molecule has 3 nitrogen and oxygen atoms in total. The number of rotatable bonds is 3. The van der Waals surface area contributed by atoms with Crippen molar-refractivity contribution in [1.82, 2.24) is 14.7 Å². The lowest BCUT2D eigenvalue weighted by atomic mass is 10.2. The van der Waals surface area contributed by atoms with Gasteiger partial charge in [0.1, 0.15) is 0 Å². The zero-order valence-electron chi connectivity index (χ0n) is 8.65. The molecule has 2 aromatic rings. The van der Waals surface area contributed by atoms with Crippen LogP contribution in [0.25, 0.3) is 4.96 Å². The first-order valence-electron chi connectivity index (χ1n) is 5.56. The van der Waals surface area contributed by atoms with Crippen LogP contribution in [0.1, 0.15) is 31.4 Å². The van der Waals surface area contributed by atoms with Gasteiger partial charge in [-0.15, -0.1) is 11.3 Å². The molecule has 4 heteroatoms. The number of fused-ring (bicyclic) bond motifs is 1. The molecule has 0 aromatic carbocycles. The van der Waals surface area contributed by atoms with E-state index in [1.165, 1.54) is 25.7 Å². The van der Waals surface area contributed by atoms with Crippen molar-refractivity contribution in [1.29, 1.82) is 0 Å². The first kappa shape index (κ1) is 9.36. The van der Waals surface area contributed by atoms with Gasteiger partial charge in [-0.25, -0.2) is 4.98 Å². The Morgan fingerprint density at radius 1 is 1.47 bits per heavy atom. The summed E-state index contributed by atoms with van der Waals surface area (Å²) < 4.78 is 2.09. The van der Waals surface area contributed by atoms with Crippen LogP contribution < -0.4 is 5.32 Å². The number of thiazole rings is 1. The van der Waals surface area contributed by atoms with Crippen LogP contribution >= 0.6 is 11.3 Å². The van der Waals surface area contributed by atoms with E-state index < -0.39 is 0 Å². The summed E-state index contributed by atoms with van der Waals surface area (Å²) in [6.07, 6.45) is 9.62. The monoisotopic (exact) mass is 221 g/mol. The minimum Gasteiger partial charge on any atom is -0.308 e. The molecule has 1 fully saturated rings. The summed E-state index contributed by atoms with van der Waals surface area (Å²) in [6.45, 7) is 0.916. The maximum atomic E-state index is 4.55. The molecule has 80 valence electrons. The van der Waals surface area contributed by atoms with E-state index in [2.05, 4.69) is 32.5 Å². The van der Waals surface area contributed by atoms with Gasteiger partial charge in [-0.3, -0.25) is 4.40 Å². The molecule has 1 saturated carbocycles. The Morgan fingerprint density at radius 2 is 2.33 bits per heavy atom. The molecular formula is C11H15N3S. The number of hydrogen-bond acceptors (Lipinski definition) is 3. The zero-order valence-corrected chi connectivity index (χ0v) is 9.46. The molecule has 0 unspecified atom stereocenters.